The molecule has 2 aromatic rings. The van der Waals surface area contributed by atoms with Crippen LogP contribution in [0.5, 0.6) is 11.5 Å². The smallest absolute Gasteiger partial charge is 0.165 e. The molecule has 162 valence electrons. The molecule has 0 saturated carbocycles. The minimum absolute atomic E-state index is 0.116. The Kier molecular flexibility index (Phi) is 4.65. The monoisotopic (exact) mass is 419 g/mol. The van der Waals surface area contributed by atoms with E-state index in [1.54, 1.807) is 12.1 Å². The largest absolute Gasteiger partial charge is 0.494 e. The lowest BCUT2D eigenvalue weighted by molar-refractivity contribution is 0.145. The van der Waals surface area contributed by atoms with Gasteiger partial charge in [0, 0.05) is 34.4 Å². The van der Waals surface area contributed by atoms with E-state index in [1.807, 2.05) is 0 Å². The van der Waals surface area contributed by atoms with E-state index in [0.29, 0.717) is 5.75 Å². The van der Waals surface area contributed by atoms with Gasteiger partial charge in [-0.2, -0.15) is 0 Å². The maximum absolute atomic E-state index is 14.7. The summed E-state index contributed by atoms with van der Waals surface area (Å²) in [5, 5.41) is 3.66. The highest BCUT2D eigenvalue weighted by atomic mass is 19.1. The Balaban J connectivity index is 1.77. The molecule has 0 spiro atoms. The molecule has 0 bridgehead atoms. The number of nitrogens with one attached hydrogen (secondary N) is 1. The van der Waals surface area contributed by atoms with E-state index < -0.39 is 0 Å². The van der Waals surface area contributed by atoms with Crippen molar-refractivity contribution in [2.45, 2.75) is 58.6 Å². The Morgan fingerprint density at radius 1 is 1.16 bits per heavy atom. The first-order valence-electron chi connectivity index (χ1n) is 11.1. The number of rotatable bonds is 2. The van der Waals surface area contributed by atoms with E-state index in [1.165, 1.54) is 29.4 Å². The fourth-order valence-electron chi connectivity index (χ4n) is 5.56. The average Bonchev–Trinajstić information content (AvgIpc) is 2.71. The topological polar surface area (TPSA) is 30.5 Å². The quantitative estimate of drug-likeness (QED) is 0.519. The zero-order valence-electron chi connectivity index (χ0n) is 18.9. The number of hydrogen-bond donors (Lipinski definition) is 1. The van der Waals surface area contributed by atoms with Crippen molar-refractivity contribution < 1.29 is 13.9 Å². The predicted molar refractivity (Wildman–Crippen MR) is 124 cm³/mol. The van der Waals surface area contributed by atoms with Gasteiger partial charge in [0.2, 0.25) is 0 Å². The third kappa shape index (κ3) is 3.33. The number of ether oxygens (including phenoxy) is 2. The number of fused-ring (bicyclic) bond motifs is 5. The van der Waals surface area contributed by atoms with Crippen LogP contribution in [0.2, 0.25) is 0 Å². The lowest BCUT2D eigenvalue weighted by Crippen LogP contribution is -2.33. The molecule has 2 atom stereocenters. The van der Waals surface area contributed by atoms with Crippen molar-refractivity contribution in [2.24, 2.45) is 5.92 Å². The standard InChI is InChI=1S/C27H30FNO2/c1-15-7-6-8-17(11-15)26-25-18(19-12-20(28)23(30-5)13-22(19)31-26)9-10-21-24(25)16(2)14-27(3,4)29-21/h9-14,17,26,29H,6-8H2,1-5H3. The van der Waals surface area contributed by atoms with E-state index in [2.05, 4.69) is 57.3 Å². The Morgan fingerprint density at radius 2 is 1.97 bits per heavy atom. The van der Waals surface area contributed by atoms with Gasteiger partial charge in [-0.1, -0.05) is 23.8 Å². The number of allylic oxidation sites excluding steroid dienone is 2. The molecule has 2 unspecified atom stereocenters. The van der Waals surface area contributed by atoms with Crippen molar-refractivity contribution in [3.05, 3.63) is 58.9 Å². The van der Waals surface area contributed by atoms with E-state index in [4.69, 9.17) is 9.47 Å². The van der Waals surface area contributed by atoms with Crippen molar-refractivity contribution in [3.8, 4) is 22.6 Å². The third-order valence-corrected chi connectivity index (χ3v) is 6.75. The normalized spacial score (nSPS) is 23.3. The second kappa shape index (κ2) is 7.15. The molecule has 1 aliphatic carbocycles. The van der Waals surface area contributed by atoms with Gasteiger partial charge in [-0.15, -0.1) is 0 Å². The molecule has 2 aliphatic heterocycles. The summed E-state index contributed by atoms with van der Waals surface area (Å²) in [7, 11) is 1.49. The molecule has 0 radical (unpaired) electrons. The van der Waals surface area contributed by atoms with E-state index in [9.17, 15) is 4.39 Å². The molecule has 0 fully saturated rings. The van der Waals surface area contributed by atoms with Crippen LogP contribution in [-0.2, 0) is 0 Å². The number of methoxy groups -OCH3 is 1. The van der Waals surface area contributed by atoms with Gasteiger partial charge in [-0.05, 0) is 70.2 Å². The molecule has 5 rings (SSSR count). The second-order valence-electron chi connectivity index (χ2n) is 9.71. The lowest BCUT2D eigenvalue weighted by Gasteiger charge is -2.39. The average molecular weight is 420 g/mol. The highest BCUT2D eigenvalue weighted by Gasteiger charge is 2.38. The van der Waals surface area contributed by atoms with Crippen molar-refractivity contribution in [1.29, 1.82) is 0 Å². The minimum Gasteiger partial charge on any atom is -0.494 e. The van der Waals surface area contributed by atoms with E-state index in [0.717, 1.165) is 36.1 Å². The number of halogens is 1. The molecule has 0 aromatic heterocycles. The molecule has 2 aromatic carbocycles. The van der Waals surface area contributed by atoms with Crippen LogP contribution in [0.1, 0.15) is 64.2 Å². The Bertz CT molecular complexity index is 1130. The molecule has 31 heavy (non-hydrogen) atoms. The van der Waals surface area contributed by atoms with Crippen LogP contribution < -0.4 is 14.8 Å². The summed E-state index contributed by atoms with van der Waals surface area (Å²) in [5.74, 6) is 0.824. The molecule has 2 heterocycles. The van der Waals surface area contributed by atoms with Crippen molar-refractivity contribution in [2.75, 3.05) is 12.4 Å². The summed E-state index contributed by atoms with van der Waals surface area (Å²) in [5.41, 5.74) is 7.86. The van der Waals surface area contributed by atoms with Crippen molar-refractivity contribution in [3.63, 3.8) is 0 Å². The maximum atomic E-state index is 14.7. The molecule has 3 aliphatic rings. The van der Waals surface area contributed by atoms with Crippen LogP contribution in [-0.4, -0.2) is 12.6 Å². The summed E-state index contributed by atoms with van der Waals surface area (Å²) in [6.45, 7) is 8.73. The van der Waals surface area contributed by atoms with Crippen LogP contribution in [0.3, 0.4) is 0 Å². The molecule has 1 N–H and O–H groups in total. The minimum atomic E-state index is -0.369. The van der Waals surface area contributed by atoms with Crippen LogP contribution in [0.4, 0.5) is 10.1 Å². The first kappa shape index (κ1) is 20.2. The molecule has 3 nitrogen and oxygen atoms in total. The van der Waals surface area contributed by atoms with Crippen molar-refractivity contribution in [1.82, 2.24) is 0 Å². The Labute approximate surface area is 184 Å². The van der Waals surface area contributed by atoms with Crippen molar-refractivity contribution >= 4 is 11.3 Å². The number of benzene rings is 2. The van der Waals surface area contributed by atoms with Gasteiger partial charge >= 0.3 is 0 Å². The van der Waals surface area contributed by atoms with Gasteiger partial charge in [0.1, 0.15) is 11.9 Å². The first-order valence-corrected chi connectivity index (χ1v) is 11.1. The summed E-state index contributed by atoms with van der Waals surface area (Å²) in [6, 6.07) is 7.50. The van der Waals surface area contributed by atoms with Crippen LogP contribution >= 0.6 is 0 Å². The summed E-state index contributed by atoms with van der Waals surface area (Å²) in [4.78, 5) is 0. The van der Waals surface area contributed by atoms with Gasteiger partial charge in [0.15, 0.2) is 11.6 Å². The summed E-state index contributed by atoms with van der Waals surface area (Å²) in [6.07, 6.45) is 7.93. The van der Waals surface area contributed by atoms with Gasteiger partial charge in [-0.3, -0.25) is 0 Å². The Hall–Kier alpha value is -2.75. The lowest BCUT2D eigenvalue weighted by atomic mass is 9.76. The maximum Gasteiger partial charge on any atom is 0.165 e. The van der Waals surface area contributed by atoms with Gasteiger partial charge in [-0.25, -0.2) is 4.39 Å². The fraction of sp³-hybridized carbons (Fsp3) is 0.407. The number of anilines is 1. The van der Waals surface area contributed by atoms with Gasteiger partial charge in [0.05, 0.1) is 12.6 Å². The van der Waals surface area contributed by atoms with Gasteiger partial charge in [0.25, 0.3) is 0 Å². The second-order valence-corrected chi connectivity index (χ2v) is 9.71. The first-order chi connectivity index (χ1) is 14.8. The van der Waals surface area contributed by atoms with Crippen LogP contribution in [0.25, 0.3) is 16.7 Å². The summed E-state index contributed by atoms with van der Waals surface area (Å²) >= 11 is 0. The molecular formula is C27H30FNO2. The SMILES string of the molecule is COc1cc2c(cc1F)-c1ccc3c(c1C(C1C=C(C)CCC1)O2)C(C)=CC(C)(C)N3. The Morgan fingerprint density at radius 3 is 2.71 bits per heavy atom. The summed E-state index contributed by atoms with van der Waals surface area (Å²) < 4.78 is 26.6. The highest BCUT2D eigenvalue weighted by molar-refractivity contribution is 5.90. The van der Waals surface area contributed by atoms with E-state index >= 15 is 0 Å². The predicted octanol–water partition coefficient (Wildman–Crippen LogP) is 7.29. The van der Waals surface area contributed by atoms with E-state index in [-0.39, 0.29) is 29.1 Å². The molecule has 0 saturated heterocycles. The fourth-order valence-corrected chi connectivity index (χ4v) is 5.56. The molecule has 0 amide bonds. The van der Waals surface area contributed by atoms with Crippen LogP contribution in [0.15, 0.2) is 42.0 Å². The molecular weight excluding hydrogens is 389 g/mol. The zero-order valence-corrected chi connectivity index (χ0v) is 18.9. The zero-order chi connectivity index (χ0) is 21.9. The third-order valence-electron chi connectivity index (χ3n) is 6.75. The number of hydrogen-bond acceptors (Lipinski definition) is 3. The highest BCUT2D eigenvalue weighted by Crippen LogP contribution is 2.53. The van der Waals surface area contributed by atoms with Crippen LogP contribution in [0, 0.1) is 11.7 Å². The molecule has 4 heteroatoms. The van der Waals surface area contributed by atoms with Gasteiger partial charge < -0.3 is 14.8 Å².